The van der Waals surface area contributed by atoms with Crippen LogP contribution in [0.25, 0.3) is 0 Å². The maximum Gasteiger partial charge on any atom is 0.269 e. The molecule has 1 heterocycles. The van der Waals surface area contributed by atoms with Crippen LogP contribution in [0.1, 0.15) is 43.7 Å². The van der Waals surface area contributed by atoms with Crippen molar-refractivity contribution in [2.75, 3.05) is 13.1 Å². The smallest absolute Gasteiger partial charge is 0.269 e. The van der Waals surface area contributed by atoms with E-state index >= 15 is 0 Å². The molecule has 2 atom stereocenters. The molecule has 0 spiro atoms. The van der Waals surface area contributed by atoms with E-state index < -0.39 is 0 Å². The Morgan fingerprint density at radius 2 is 1.90 bits per heavy atom. The Balaban J connectivity index is 1.90. The molecular formula is C16H23N3O2. The minimum absolute atomic E-state index is 0.162. The van der Waals surface area contributed by atoms with Crippen LogP contribution in [0, 0.1) is 16.0 Å². The molecule has 1 aromatic rings. The number of hydrogen-bond donors (Lipinski definition) is 1. The predicted molar refractivity (Wildman–Crippen MR) is 82.0 cm³/mol. The van der Waals surface area contributed by atoms with Gasteiger partial charge in [-0.25, -0.2) is 0 Å². The van der Waals surface area contributed by atoms with Gasteiger partial charge < -0.3 is 5.73 Å². The van der Waals surface area contributed by atoms with E-state index in [1.54, 1.807) is 12.1 Å². The van der Waals surface area contributed by atoms with E-state index in [2.05, 4.69) is 4.90 Å². The zero-order chi connectivity index (χ0) is 14.8. The van der Waals surface area contributed by atoms with E-state index in [1.165, 1.54) is 31.2 Å². The minimum atomic E-state index is -0.337. The summed E-state index contributed by atoms with van der Waals surface area (Å²) in [4.78, 5) is 13.1. The van der Waals surface area contributed by atoms with Gasteiger partial charge in [-0.1, -0.05) is 18.6 Å². The van der Waals surface area contributed by atoms with Gasteiger partial charge in [-0.15, -0.1) is 0 Å². The van der Waals surface area contributed by atoms with Gasteiger partial charge in [0.15, 0.2) is 0 Å². The second kappa shape index (κ2) is 6.12. The number of hydrogen-bond acceptors (Lipinski definition) is 4. The third-order valence-electron chi connectivity index (χ3n) is 4.81. The molecule has 3 rings (SSSR count). The third-order valence-corrected chi connectivity index (χ3v) is 4.81. The molecule has 5 heteroatoms. The summed E-state index contributed by atoms with van der Waals surface area (Å²) in [7, 11) is 0. The van der Waals surface area contributed by atoms with Crippen LogP contribution in [0.5, 0.6) is 0 Å². The average Bonchev–Trinajstić information content (AvgIpc) is 3.32. The molecule has 1 saturated heterocycles. The molecular weight excluding hydrogens is 266 g/mol. The lowest BCUT2D eigenvalue weighted by atomic mass is 9.89. The summed E-state index contributed by atoms with van der Waals surface area (Å²) in [5.74, 6) is 0.453. The quantitative estimate of drug-likeness (QED) is 0.683. The Morgan fingerprint density at radius 3 is 2.48 bits per heavy atom. The second-order valence-corrected chi connectivity index (χ2v) is 6.25. The monoisotopic (exact) mass is 289 g/mol. The SMILES string of the molecule is NCC1CCCCN(C2CC2)C1c1ccc([N+](=O)[O-])cc1. The number of benzene rings is 1. The molecule has 0 bridgehead atoms. The Hall–Kier alpha value is -1.46. The molecule has 0 aromatic heterocycles. The first-order chi connectivity index (χ1) is 10.2. The molecule has 114 valence electrons. The fourth-order valence-corrected chi connectivity index (χ4v) is 3.59. The zero-order valence-electron chi connectivity index (χ0n) is 12.3. The van der Waals surface area contributed by atoms with Gasteiger partial charge in [0.1, 0.15) is 0 Å². The van der Waals surface area contributed by atoms with E-state index in [4.69, 9.17) is 5.73 Å². The topological polar surface area (TPSA) is 72.4 Å². The Labute approximate surface area is 125 Å². The van der Waals surface area contributed by atoms with Gasteiger partial charge >= 0.3 is 0 Å². The van der Waals surface area contributed by atoms with Gasteiger partial charge in [-0.05, 0) is 50.3 Å². The molecule has 1 aromatic carbocycles. The van der Waals surface area contributed by atoms with Crippen LogP contribution in [0.3, 0.4) is 0 Å². The van der Waals surface area contributed by atoms with Gasteiger partial charge in [0, 0.05) is 24.2 Å². The molecule has 0 amide bonds. The number of nitro benzene ring substituents is 1. The number of nitrogens with zero attached hydrogens (tertiary/aromatic N) is 2. The van der Waals surface area contributed by atoms with Crippen molar-refractivity contribution in [3.05, 3.63) is 39.9 Å². The third kappa shape index (κ3) is 3.09. The maximum absolute atomic E-state index is 10.8. The average molecular weight is 289 g/mol. The van der Waals surface area contributed by atoms with Gasteiger partial charge in [-0.3, -0.25) is 15.0 Å². The van der Waals surface area contributed by atoms with E-state index in [-0.39, 0.29) is 10.6 Å². The van der Waals surface area contributed by atoms with Gasteiger partial charge in [-0.2, -0.15) is 0 Å². The van der Waals surface area contributed by atoms with Gasteiger partial charge in [0.2, 0.25) is 0 Å². The van der Waals surface area contributed by atoms with Crippen LogP contribution >= 0.6 is 0 Å². The lowest BCUT2D eigenvalue weighted by molar-refractivity contribution is -0.384. The fourth-order valence-electron chi connectivity index (χ4n) is 3.59. The minimum Gasteiger partial charge on any atom is -0.330 e. The lowest BCUT2D eigenvalue weighted by Crippen LogP contribution is -2.37. The molecule has 5 nitrogen and oxygen atoms in total. The van der Waals surface area contributed by atoms with E-state index in [0.717, 1.165) is 13.0 Å². The summed E-state index contributed by atoms with van der Waals surface area (Å²) in [5, 5.41) is 10.8. The van der Waals surface area contributed by atoms with E-state index in [1.807, 2.05) is 12.1 Å². The summed E-state index contributed by atoms with van der Waals surface area (Å²) in [6.45, 7) is 1.81. The fraction of sp³-hybridized carbons (Fsp3) is 0.625. The van der Waals surface area contributed by atoms with Crippen molar-refractivity contribution in [3.8, 4) is 0 Å². The first-order valence-corrected chi connectivity index (χ1v) is 7.91. The molecule has 1 aliphatic carbocycles. The molecule has 2 unspecified atom stereocenters. The molecule has 21 heavy (non-hydrogen) atoms. The standard InChI is InChI=1S/C16H23N3O2/c17-11-13-3-1-2-10-18(14-8-9-14)16(13)12-4-6-15(7-5-12)19(20)21/h4-7,13-14,16H,1-3,8-11,17H2. The summed E-state index contributed by atoms with van der Waals surface area (Å²) in [6.07, 6.45) is 6.17. The van der Waals surface area contributed by atoms with Crippen molar-refractivity contribution >= 4 is 5.69 Å². The number of non-ortho nitro benzene ring substituents is 1. The number of nitrogens with two attached hydrogens (primary N) is 1. The number of nitro groups is 1. The van der Waals surface area contributed by atoms with Crippen molar-refractivity contribution < 1.29 is 4.92 Å². The van der Waals surface area contributed by atoms with Gasteiger partial charge in [0.05, 0.1) is 4.92 Å². The summed E-state index contributed by atoms with van der Waals surface area (Å²) >= 11 is 0. The molecule has 1 aliphatic heterocycles. The van der Waals surface area contributed by atoms with E-state index in [0.29, 0.717) is 24.5 Å². The summed E-state index contributed by atoms with van der Waals surface area (Å²) in [5.41, 5.74) is 7.37. The highest BCUT2D eigenvalue weighted by Crippen LogP contribution is 2.41. The molecule has 0 radical (unpaired) electrons. The molecule has 2 fully saturated rings. The first kappa shape index (κ1) is 14.5. The lowest BCUT2D eigenvalue weighted by Gasteiger charge is -2.35. The van der Waals surface area contributed by atoms with Crippen LogP contribution in [0.2, 0.25) is 0 Å². The molecule has 2 N–H and O–H groups in total. The molecule has 1 saturated carbocycles. The molecule has 2 aliphatic rings. The number of rotatable bonds is 4. The van der Waals surface area contributed by atoms with Crippen molar-refractivity contribution in [1.29, 1.82) is 0 Å². The predicted octanol–water partition coefficient (Wildman–Crippen LogP) is 2.86. The highest BCUT2D eigenvalue weighted by molar-refractivity contribution is 5.34. The Bertz CT molecular complexity index is 499. The van der Waals surface area contributed by atoms with Crippen LogP contribution in [0.4, 0.5) is 5.69 Å². The summed E-state index contributed by atoms with van der Waals surface area (Å²) < 4.78 is 0. The summed E-state index contributed by atoms with van der Waals surface area (Å²) in [6, 6.07) is 8.11. The van der Waals surface area contributed by atoms with Crippen molar-refractivity contribution in [1.82, 2.24) is 4.90 Å². The van der Waals surface area contributed by atoms with Gasteiger partial charge in [0.25, 0.3) is 5.69 Å². The van der Waals surface area contributed by atoms with Crippen molar-refractivity contribution in [2.45, 2.75) is 44.2 Å². The maximum atomic E-state index is 10.8. The van der Waals surface area contributed by atoms with Crippen LogP contribution in [-0.2, 0) is 0 Å². The zero-order valence-corrected chi connectivity index (χ0v) is 12.3. The van der Waals surface area contributed by atoms with Crippen LogP contribution in [0.15, 0.2) is 24.3 Å². The normalized spacial score (nSPS) is 27.3. The second-order valence-electron chi connectivity index (χ2n) is 6.25. The largest absolute Gasteiger partial charge is 0.330 e. The number of likely N-dealkylation sites (tertiary alicyclic amines) is 1. The first-order valence-electron chi connectivity index (χ1n) is 7.91. The Morgan fingerprint density at radius 1 is 1.19 bits per heavy atom. The van der Waals surface area contributed by atoms with Crippen molar-refractivity contribution in [2.24, 2.45) is 11.7 Å². The highest BCUT2D eigenvalue weighted by Gasteiger charge is 2.38. The van der Waals surface area contributed by atoms with Crippen molar-refractivity contribution in [3.63, 3.8) is 0 Å². The Kier molecular flexibility index (Phi) is 4.22. The van der Waals surface area contributed by atoms with E-state index in [9.17, 15) is 10.1 Å². The van der Waals surface area contributed by atoms with Crippen LogP contribution < -0.4 is 5.73 Å². The highest BCUT2D eigenvalue weighted by atomic mass is 16.6. The van der Waals surface area contributed by atoms with Crippen LogP contribution in [-0.4, -0.2) is 29.0 Å².